The van der Waals surface area contributed by atoms with Crippen LogP contribution in [0.3, 0.4) is 0 Å². The van der Waals surface area contributed by atoms with Crippen LogP contribution in [0, 0.1) is 5.82 Å². The third-order valence-electron chi connectivity index (χ3n) is 5.08. The molecule has 0 unspecified atom stereocenters. The van der Waals surface area contributed by atoms with Crippen molar-refractivity contribution in [2.75, 3.05) is 26.1 Å². The number of thiophene rings is 1. The first kappa shape index (κ1) is 22.0. The highest BCUT2D eigenvalue weighted by atomic mass is 35.5. The van der Waals surface area contributed by atoms with E-state index in [9.17, 15) is 17.6 Å². The molecular formula is C18H19ClFN6O3S2+. The number of aliphatic imine (C=N–C) groups is 1. The Labute approximate surface area is 187 Å². The van der Waals surface area contributed by atoms with Crippen LogP contribution in [0.1, 0.15) is 22.9 Å². The second kappa shape index (κ2) is 8.36. The summed E-state index contributed by atoms with van der Waals surface area (Å²) in [6.07, 6.45) is 0.211. The predicted molar refractivity (Wildman–Crippen MR) is 115 cm³/mol. The fourth-order valence-corrected chi connectivity index (χ4v) is 5.86. The molecule has 3 heterocycles. The number of carbonyl (C=O) groups is 1. The monoisotopic (exact) mass is 485 g/mol. The van der Waals surface area contributed by atoms with Gasteiger partial charge >= 0.3 is 5.84 Å². The lowest BCUT2D eigenvalue weighted by atomic mass is 10.0. The minimum atomic E-state index is -3.90. The number of amidine groups is 1. The molecule has 2 aliphatic heterocycles. The Hall–Kier alpha value is -2.25. The predicted octanol–water partition coefficient (Wildman–Crippen LogP) is 2.57. The van der Waals surface area contributed by atoms with Gasteiger partial charge in [-0.3, -0.25) is 4.79 Å². The molecule has 2 N–H and O–H groups in total. The highest BCUT2D eigenvalue weighted by Gasteiger charge is 2.41. The molecule has 1 fully saturated rings. The Morgan fingerprint density at radius 2 is 2.19 bits per heavy atom. The van der Waals surface area contributed by atoms with E-state index in [4.69, 9.17) is 11.6 Å². The van der Waals surface area contributed by atoms with Gasteiger partial charge < -0.3 is 5.32 Å². The molecule has 13 heteroatoms. The third-order valence-corrected chi connectivity index (χ3v) is 8.01. The minimum Gasteiger partial charge on any atom is -0.325 e. The highest BCUT2D eigenvalue weighted by molar-refractivity contribution is 7.87. The second-order valence-corrected chi connectivity index (χ2v) is 10.2. The van der Waals surface area contributed by atoms with Gasteiger partial charge in [-0.2, -0.15) is 17.4 Å². The number of carbonyl (C=O) groups excluding carboxylic acids is 1. The van der Waals surface area contributed by atoms with E-state index in [1.807, 2.05) is 11.4 Å². The topological polar surface area (TPSA) is 106 Å². The number of anilines is 1. The number of benzene rings is 1. The van der Waals surface area contributed by atoms with E-state index in [0.717, 1.165) is 20.8 Å². The summed E-state index contributed by atoms with van der Waals surface area (Å²) < 4.78 is 44.0. The van der Waals surface area contributed by atoms with Crippen molar-refractivity contribution in [3.8, 4) is 0 Å². The Morgan fingerprint density at radius 3 is 2.87 bits per heavy atom. The zero-order valence-electron chi connectivity index (χ0n) is 16.5. The second-order valence-electron chi connectivity index (χ2n) is 7.09. The molecule has 9 nitrogen and oxygen atoms in total. The summed E-state index contributed by atoms with van der Waals surface area (Å²) in [4.78, 5) is 18.0. The molecular weight excluding hydrogens is 467 g/mol. The summed E-state index contributed by atoms with van der Waals surface area (Å²) in [5, 5.41) is 8.53. The van der Waals surface area contributed by atoms with Crippen LogP contribution in [0.15, 0.2) is 39.8 Å². The molecule has 0 radical (unpaired) electrons. The van der Waals surface area contributed by atoms with Crippen LogP contribution in [0.2, 0.25) is 5.02 Å². The van der Waals surface area contributed by atoms with E-state index in [1.54, 1.807) is 11.7 Å². The quantitative estimate of drug-likeness (QED) is 0.650. The van der Waals surface area contributed by atoms with Gasteiger partial charge in [-0.15, -0.1) is 16.0 Å². The van der Waals surface area contributed by atoms with Crippen molar-refractivity contribution in [1.29, 1.82) is 0 Å². The van der Waals surface area contributed by atoms with Gasteiger partial charge in [0.05, 0.1) is 16.6 Å². The molecule has 1 amide bonds. The zero-order chi connectivity index (χ0) is 22.3. The van der Waals surface area contributed by atoms with Gasteiger partial charge in [-0.25, -0.2) is 4.39 Å². The van der Waals surface area contributed by atoms with Gasteiger partial charge in [0, 0.05) is 23.0 Å². The van der Waals surface area contributed by atoms with Gasteiger partial charge in [0.2, 0.25) is 5.91 Å². The summed E-state index contributed by atoms with van der Waals surface area (Å²) in [5.41, 5.74) is 1.12. The van der Waals surface area contributed by atoms with Gasteiger partial charge in [0.1, 0.15) is 18.9 Å². The lowest BCUT2D eigenvalue weighted by molar-refractivity contribution is -0.442. The first-order valence-corrected chi connectivity index (χ1v) is 11.9. The Morgan fingerprint density at radius 1 is 1.42 bits per heavy atom. The van der Waals surface area contributed by atoms with Crippen LogP contribution < -0.4 is 10.0 Å². The molecule has 31 heavy (non-hydrogen) atoms. The van der Waals surface area contributed by atoms with Crippen molar-refractivity contribution in [3.05, 3.63) is 50.9 Å². The van der Waals surface area contributed by atoms with Crippen LogP contribution in [0.25, 0.3) is 0 Å². The minimum absolute atomic E-state index is 0.139. The van der Waals surface area contributed by atoms with Crippen LogP contribution in [-0.4, -0.2) is 56.0 Å². The highest BCUT2D eigenvalue weighted by Crippen LogP contribution is 2.33. The van der Waals surface area contributed by atoms with Crippen molar-refractivity contribution in [1.82, 2.24) is 9.03 Å². The van der Waals surface area contributed by atoms with Crippen molar-refractivity contribution in [2.45, 2.75) is 18.5 Å². The number of rotatable bonds is 4. The zero-order valence-corrected chi connectivity index (χ0v) is 18.9. The molecule has 0 aliphatic carbocycles. The molecule has 0 bridgehead atoms. The molecule has 2 atom stereocenters. The SMILES string of the molecule is CN1[C@@H](C(=O)Nc2ccc(F)c(Cl)c2)C[C@@H](c2cc(C3=NCN=[N+]3C)cs2)NS1(=O)=O. The van der Waals surface area contributed by atoms with Crippen molar-refractivity contribution < 1.29 is 22.3 Å². The maximum absolute atomic E-state index is 13.4. The molecule has 2 aromatic rings. The van der Waals surface area contributed by atoms with Crippen molar-refractivity contribution in [3.63, 3.8) is 0 Å². The first-order valence-electron chi connectivity index (χ1n) is 9.21. The molecule has 2 aliphatic rings. The van der Waals surface area contributed by atoms with E-state index < -0.39 is 34.0 Å². The number of hydrogen-bond acceptors (Lipinski definition) is 6. The average Bonchev–Trinajstić information content (AvgIpc) is 3.35. The number of nitrogens with zero attached hydrogens (tertiary/aromatic N) is 4. The van der Waals surface area contributed by atoms with E-state index in [0.29, 0.717) is 12.5 Å². The van der Waals surface area contributed by atoms with Gasteiger partial charge in [0.15, 0.2) is 0 Å². The Bertz CT molecular complexity index is 1210. The largest absolute Gasteiger partial charge is 0.347 e. The molecule has 1 aromatic carbocycles. The maximum atomic E-state index is 13.4. The molecule has 0 saturated carbocycles. The molecule has 1 saturated heterocycles. The Kier molecular flexibility index (Phi) is 5.92. The third kappa shape index (κ3) is 4.39. The number of hydrogen-bond donors (Lipinski definition) is 2. The summed E-state index contributed by atoms with van der Waals surface area (Å²) in [6, 6.07) is 4.07. The average molecular weight is 486 g/mol. The van der Waals surface area contributed by atoms with Crippen LogP contribution in [-0.2, 0) is 15.0 Å². The van der Waals surface area contributed by atoms with Crippen LogP contribution in [0.5, 0.6) is 0 Å². The number of nitrogens with one attached hydrogen (secondary N) is 2. The van der Waals surface area contributed by atoms with E-state index in [-0.39, 0.29) is 17.1 Å². The fourth-order valence-electron chi connectivity index (χ4n) is 3.39. The van der Waals surface area contributed by atoms with E-state index in [1.165, 1.54) is 30.5 Å². The molecule has 0 spiro atoms. The summed E-state index contributed by atoms with van der Waals surface area (Å²) in [6.45, 7) is 0.355. The van der Waals surface area contributed by atoms with E-state index >= 15 is 0 Å². The standard InChI is InChI=1S/C18H18ClFN6O3S2/c1-25-17(21-9-22-25)10-5-16(30-8-10)14-7-15(26(2)31(28,29)24-14)18(27)23-11-3-4-13(20)12(19)6-11/h3-6,8,14-15,24H,7,9H2,1-2H3/p+1/t14-,15+/m0/s1. The number of likely N-dealkylation sites (N-methyl/N-ethyl adjacent to an activating group) is 1. The fraction of sp³-hybridized carbons (Fsp3) is 0.333. The van der Waals surface area contributed by atoms with Crippen molar-refractivity contribution in [2.24, 2.45) is 10.1 Å². The lowest BCUT2D eigenvalue weighted by Crippen LogP contribution is -2.55. The number of azo groups is 2. The lowest BCUT2D eigenvalue weighted by Gasteiger charge is -2.35. The molecule has 4 rings (SSSR count). The van der Waals surface area contributed by atoms with Gasteiger partial charge in [-0.05, 0) is 30.7 Å². The van der Waals surface area contributed by atoms with Crippen LogP contribution >= 0.6 is 22.9 Å². The Balaban J connectivity index is 1.56. The van der Waals surface area contributed by atoms with Crippen molar-refractivity contribution >= 4 is 50.6 Å². The smallest absolute Gasteiger partial charge is 0.325 e. The molecule has 1 aromatic heterocycles. The summed E-state index contributed by atoms with van der Waals surface area (Å²) in [7, 11) is -0.764. The summed E-state index contributed by atoms with van der Waals surface area (Å²) >= 11 is 7.15. The molecule has 164 valence electrons. The van der Waals surface area contributed by atoms with Crippen LogP contribution in [0.4, 0.5) is 10.1 Å². The summed E-state index contributed by atoms with van der Waals surface area (Å²) in [5.74, 6) is -0.434. The van der Waals surface area contributed by atoms with E-state index in [2.05, 4.69) is 20.1 Å². The normalized spacial score (nSPS) is 23.4. The first-order chi connectivity index (χ1) is 14.7. The van der Waals surface area contributed by atoms with Gasteiger partial charge in [0.25, 0.3) is 16.9 Å². The van der Waals surface area contributed by atoms with Gasteiger partial charge in [-0.1, -0.05) is 21.7 Å². The maximum Gasteiger partial charge on any atom is 0.347 e. The number of amides is 1. The number of halogens is 2.